The molecule has 0 aromatic heterocycles. The monoisotopic (exact) mass is 280 g/mol. The number of hydrogen-bond donors (Lipinski definition) is 2. The summed E-state index contributed by atoms with van der Waals surface area (Å²) in [6.45, 7) is 4.72. The molecule has 106 valence electrons. The van der Waals surface area contributed by atoms with Crippen molar-refractivity contribution in [2.75, 3.05) is 5.32 Å². The highest BCUT2D eigenvalue weighted by Crippen LogP contribution is 2.16. The van der Waals surface area contributed by atoms with Gasteiger partial charge in [-0.25, -0.2) is 9.59 Å². The smallest absolute Gasteiger partial charge is 0.366 e. The van der Waals surface area contributed by atoms with Crippen molar-refractivity contribution in [3.8, 4) is 0 Å². The molecule has 1 rings (SSSR count). The first-order valence-electron chi connectivity index (χ1n) is 5.41. The zero-order chi connectivity index (χ0) is 15.3. The van der Waals surface area contributed by atoms with Crippen molar-refractivity contribution in [1.82, 2.24) is 0 Å². The van der Waals surface area contributed by atoms with E-state index in [-0.39, 0.29) is 16.9 Å². The van der Waals surface area contributed by atoms with Gasteiger partial charge in [-0.15, -0.1) is 0 Å². The van der Waals surface area contributed by atoms with Crippen molar-refractivity contribution in [2.45, 2.75) is 13.2 Å². The van der Waals surface area contributed by atoms with E-state index in [9.17, 15) is 19.7 Å². The topological polar surface area (TPSA) is 119 Å². The summed E-state index contributed by atoms with van der Waals surface area (Å²) < 4.78 is 4.67. The van der Waals surface area contributed by atoms with Crippen LogP contribution < -0.4 is 5.32 Å². The van der Waals surface area contributed by atoms with E-state index >= 15 is 0 Å². The van der Waals surface area contributed by atoms with E-state index in [1.54, 1.807) is 0 Å². The number of nitrogens with one attached hydrogen (secondary N) is 1. The highest BCUT2D eigenvalue weighted by Gasteiger charge is 2.22. The molecule has 0 aliphatic heterocycles. The Balaban J connectivity index is 2.80. The summed E-state index contributed by atoms with van der Waals surface area (Å²) >= 11 is 0. The van der Waals surface area contributed by atoms with Crippen molar-refractivity contribution < 1.29 is 24.4 Å². The number of carboxylic acid groups (broad SMARTS) is 1. The van der Waals surface area contributed by atoms with Crippen molar-refractivity contribution >= 4 is 23.3 Å². The van der Waals surface area contributed by atoms with E-state index in [0.717, 1.165) is 0 Å². The molecule has 1 aromatic carbocycles. The Labute approximate surface area is 113 Å². The molecule has 1 aromatic rings. The van der Waals surface area contributed by atoms with Crippen molar-refractivity contribution in [1.29, 1.82) is 0 Å². The number of nitro benzene ring substituents is 1. The van der Waals surface area contributed by atoms with Crippen LogP contribution >= 0.6 is 0 Å². The van der Waals surface area contributed by atoms with Crippen LogP contribution in [-0.2, 0) is 14.3 Å². The average molecular weight is 280 g/mol. The summed E-state index contributed by atoms with van der Waals surface area (Å²) in [4.78, 5) is 32.1. The Morgan fingerprint density at radius 3 is 2.35 bits per heavy atom. The maximum absolute atomic E-state index is 11.3. The standard InChI is InChI=1S/C12H12N2O6/c1-7(2)12(17)20-10(11(15)16)13-8-3-5-9(6-4-8)14(18)19/h3-6,10,13H,1H2,2H3,(H,15,16). The second kappa shape index (κ2) is 6.32. The van der Waals surface area contributed by atoms with Gasteiger partial charge in [0, 0.05) is 23.4 Å². The first kappa shape index (κ1) is 15.2. The highest BCUT2D eigenvalue weighted by molar-refractivity contribution is 5.89. The Morgan fingerprint density at radius 1 is 1.40 bits per heavy atom. The second-order valence-electron chi connectivity index (χ2n) is 3.85. The Kier molecular flexibility index (Phi) is 4.79. The summed E-state index contributed by atoms with van der Waals surface area (Å²) in [7, 11) is 0. The number of rotatable bonds is 6. The van der Waals surface area contributed by atoms with E-state index in [4.69, 9.17) is 5.11 Å². The van der Waals surface area contributed by atoms with Crippen LogP contribution in [0, 0.1) is 10.1 Å². The molecule has 0 saturated heterocycles. The maximum Gasteiger partial charge on any atom is 0.366 e. The molecule has 2 N–H and O–H groups in total. The lowest BCUT2D eigenvalue weighted by molar-refractivity contribution is -0.384. The average Bonchev–Trinajstić information content (AvgIpc) is 2.38. The van der Waals surface area contributed by atoms with Crippen molar-refractivity contribution in [3.05, 3.63) is 46.5 Å². The number of anilines is 1. The summed E-state index contributed by atoms with van der Waals surface area (Å²) in [5, 5.41) is 21.8. The molecule has 8 nitrogen and oxygen atoms in total. The lowest BCUT2D eigenvalue weighted by Crippen LogP contribution is -2.34. The largest absolute Gasteiger partial charge is 0.477 e. The van der Waals surface area contributed by atoms with Gasteiger partial charge in [0.15, 0.2) is 0 Å². The number of nitro groups is 1. The first-order valence-corrected chi connectivity index (χ1v) is 5.41. The molecular weight excluding hydrogens is 268 g/mol. The fourth-order valence-corrected chi connectivity index (χ4v) is 1.18. The quantitative estimate of drug-likeness (QED) is 0.266. The second-order valence-corrected chi connectivity index (χ2v) is 3.85. The minimum atomic E-state index is -1.61. The third-order valence-electron chi connectivity index (χ3n) is 2.17. The van der Waals surface area contributed by atoms with Crippen LogP contribution in [0.5, 0.6) is 0 Å². The predicted molar refractivity (Wildman–Crippen MR) is 69.0 cm³/mol. The number of nitrogens with zero attached hydrogens (tertiary/aromatic N) is 1. The van der Waals surface area contributed by atoms with Gasteiger partial charge in [-0.2, -0.15) is 0 Å². The van der Waals surface area contributed by atoms with Crippen molar-refractivity contribution in [2.24, 2.45) is 0 Å². The molecule has 0 radical (unpaired) electrons. The van der Waals surface area contributed by atoms with E-state index in [0.29, 0.717) is 0 Å². The molecule has 0 spiro atoms. The molecule has 0 heterocycles. The van der Waals surface area contributed by atoms with E-state index in [2.05, 4.69) is 16.6 Å². The van der Waals surface area contributed by atoms with Crippen LogP contribution in [0.3, 0.4) is 0 Å². The fraction of sp³-hybridized carbons (Fsp3) is 0.167. The van der Waals surface area contributed by atoms with Crippen LogP contribution in [0.1, 0.15) is 6.92 Å². The molecule has 0 amide bonds. The van der Waals surface area contributed by atoms with E-state index < -0.39 is 23.1 Å². The summed E-state index contributed by atoms with van der Waals surface area (Å²) in [6.07, 6.45) is -1.61. The van der Waals surface area contributed by atoms with Gasteiger partial charge in [0.25, 0.3) is 11.9 Å². The molecular formula is C12H12N2O6. The molecule has 0 fully saturated rings. The van der Waals surface area contributed by atoms with Crippen LogP contribution in [0.15, 0.2) is 36.4 Å². The molecule has 20 heavy (non-hydrogen) atoms. The van der Waals surface area contributed by atoms with Gasteiger partial charge < -0.3 is 15.2 Å². The van der Waals surface area contributed by atoms with E-state index in [1.165, 1.54) is 31.2 Å². The minimum Gasteiger partial charge on any atom is -0.477 e. The van der Waals surface area contributed by atoms with Gasteiger partial charge in [-0.05, 0) is 19.1 Å². The zero-order valence-electron chi connectivity index (χ0n) is 10.5. The van der Waals surface area contributed by atoms with Gasteiger partial charge in [0.05, 0.1) is 4.92 Å². The SMILES string of the molecule is C=C(C)C(=O)OC(Nc1ccc([N+](=O)[O-])cc1)C(=O)O. The summed E-state index contributed by atoms with van der Waals surface area (Å²) in [6, 6.07) is 5.01. The van der Waals surface area contributed by atoms with Crippen LogP contribution in [-0.4, -0.2) is 28.2 Å². The number of carboxylic acids is 1. The van der Waals surface area contributed by atoms with Gasteiger partial charge >= 0.3 is 11.9 Å². The Bertz CT molecular complexity index is 552. The fourth-order valence-electron chi connectivity index (χ4n) is 1.18. The molecule has 1 atom stereocenters. The number of aliphatic carboxylic acids is 1. The van der Waals surface area contributed by atoms with Crippen LogP contribution in [0.4, 0.5) is 11.4 Å². The number of ether oxygens (including phenoxy) is 1. The minimum absolute atomic E-state index is 0.0572. The molecule has 0 saturated carbocycles. The molecule has 1 unspecified atom stereocenters. The lowest BCUT2D eigenvalue weighted by Gasteiger charge is -2.16. The third-order valence-corrected chi connectivity index (χ3v) is 2.17. The number of carbonyl (C=O) groups is 2. The third kappa shape index (κ3) is 4.09. The molecule has 0 aliphatic carbocycles. The number of esters is 1. The van der Waals surface area contributed by atoms with Gasteiger partial charge in [0.2, 0.25) is 0 Å². The van der Waals surface area contributed by atoms with Gasteiger partial charge in [-0.1, -0.05) is 6.58 Å². The molecule has 0 aliphatic rings. The number of benzene rings is 1. The van der Waals surface area contributed by atoms with Crippen LogP contribution in [0.25, 0.3) is 0 Å². The Hall–Kier alpha value is -2.90. The normalized spacial score (nSPS) is 11.2. The van der Waals surface area contributed by atoms with Crippen LogP contribution in [0.2, 0.25) is 0 Å². The number of hydrogen-bond acceptors (Lipinski definition) is 6. The molecule has 0 bridgehead atoms. The number of non-ortho nitro benzene ring substituents is 1. The first-order chi connectivity index (χ1) is 9.31. The van der Waals surface area contributed by atoms with E-state index in [1.807, 2.05) is 0 Å². The van der Waals surface area contributed by atoms with Gasteiger partial charge in [0.1, 0.15) is 0 Å². The molecule has 8 heteroatoms. The van der Waals surface area contributed by atoms with Gasteiger partial charge in [-0.3, -0.25) is 10.1 Å². The summed E-state index contributed by atoms with van der Waals surface area (Å²) in [5.41, 5.74) is 0.181. The summed E-state index contributed by atoms with van der Waals surface area (Å²) in [5.74, 6) is -2.26. The Morgan fingerprint density at radius 2 is 1.95 bits per heavy atom. The zero-order valence-corrected chi connectivity index (χ0v) is 10.5. The maximum atomic E-state index is 11.3. The highest BCUT2D eigenvalue weighted by atomic mass is 16.6. The number of carbonyl (C=O) groups excluding carboxylic acids is 1. The predicted octanol–water partition coefficient (Wildman–Crippen LogP) is 1.54. The lowest BCUT2D eigenvalue weighted by atomic mass is 10.3. The van der Waals surface area contributed by atoms with Crippen molar-refractivity contribution in [3.63, 3.8) is 0 Å².